The molecule has 0 aromatic carbocycles. The van der Waals surface area contributed by atoms with E-state index in [1.54, 1.807) is 17.3 Å². The van der Waals surface area contributed by atoms with Gasteiger partial charge < -0.3 is 10.2 Å². The summed E-state index contributed by atoms with van der Waals surface area (Å²) < 4.78 is 3.71. The first-order chi connectivity index (χ1) is 15.6. The molecule has 0 unspecified atom stereocenters. The first-order valence-electron chi connectivity index (χ1n) is 11.1. The lowest BCUT2D eigenvalue weighted by atomic mass is 10.0. The van der Waals surface area contributed by atoms with Crippen molar-refractivity contribution in [1.82, 2.24) is 44.4 Å². The molecule has 4 aromatic heterocycles. The number of aromatic nitrogens is 8. The summed E-state index contributed by atoms with van der Waals surface area (Å²) in [5.41, 5.74) is 2.59. The van der Waals surface area contributed by atoms with Crippen LogP contribution in [0.2, 0.25) is 0 Å². The van der Waals surface area contributed by atoms with E-state index in [0.717, 1.165) is 66.5 Å². The molecule has 1 N–H and O–H groups in total. The Morgan fingerprint density at radius 1 is 1.09 bits per heavy atom. The zero-order chi connectivity index (χ0) is 22.1. The molecule has 10 heteroatoms. The summed E-state index contributed by atoms with van der Waals surface area (Å²) in [5, 5.41) is 13.2. The van der Waals surface area contributed by atoms with Crippen LogP contribution in [0.3, 0.4) is 0 Å². The lowest BCUT2D eigenvalue weighted by Crippen LogP contribution is -2.37. The molecular formula is C22H28N10. The van der Waals surface area contributed by atoms with Crippen molar-refractivity contribution in [3.05, 3.63) is 43.0 Å². The lowest BCUT2D eigenvalue weighted by molar-refractivity contribution is 0.166. The van der Waals surface area contributed by atoms with Crippen LogP contribution in [0.5, 0.6) is 0 Å². The van der Waals surface area contributed by atoms with Crippen molar-refractivity contribution in [2.45, 2.75) is 39.7 Å². The fraction of sp³-hybridized carbons (Fsp3) is 0.455. The van der Waals surface area contributed by atoms with Gasteiger partial charge in [-0.1, -0.05) is 13.8 Å². The Hall–Kier alpha value is -3.40. The third-order valence-electron chi connectivity index (χ3n) is 5.90. The third-order valence-corrected chi connectivity index (χ3v) is 5.90. The van der Waals surface area contributed by atoms with Crippen LogP contribution in [0.15, 0.2) is 37.3 Å². The van der Waals surface area contributed by atoms with Gasteiger partial charge in [-0.15, -0.1) is 0 Å². The Labute approximate surface area is 186 Å². The molecule has 1 fully saturated rings. The summed E-state index contributed by atoms with van der Waals surface area (Å²) in [6.45, 7) is 9.87. The number of aryl methyl sites for hydroxylation is 1. The van der Waals surface area contributed by atoms with Gasteiger partial charge in [-0.2, -0.15) is 10.2 Å². The molecular weight excluding hydrogens is 404 g/mol. The first kappa shape index (κ1) is 20.5. The summed E-state index contributed by atoms with van der Waals surface area (Å²) in [5.74, 6) is 2.15. The van der Waals surface area contributed by atoms with E-state index >= 15 is 0 Å². The van der Waals surface area contributed by atoms with Crippen LogP contribution in [-0.2, 0) is 0 Å². The maximum atomic E-state index is 4.70. The number of pyridine rings is 1. The molecule has 10 nitrogen and oxygen atoms in total. The third kappa shape index (κ3) is 4.05. The van der Waals surface area contributed by atoms with Crippen LogP contribution in [0.4, 0.5) is 11.5 Å². The van der Waals surface area contributed by atoms with Gasteiger partial charge in [0.15, 0.2) is 11.5 Å². The van der Waals surface area contributed by atoms with Gasteiger partial charge in [0.05, 0.1) is 29.0 Å². The summed E-state index contributed by atoms with van der Waals surface area (Å²) in [4.78, 5) is 20.2. The molecule has 0 atom stereocenters. The molecule has 166 valence electrons. The normalized spacial score (nSPS) is 15.6. The van der Waals surface area contributed by atoms with Crippen molar-refractivity contribution in [2.75, 3.05) is 25.0 Å². The smallest absolute Gasteiger partial charge is 0.163 e. The maximum Gasteiger partial charge on any atom is 0.163 e. The molecule has 4 aromatic rings. The molecule has 0 spiro atoms. The first-order valence-corrected chi connectivity index (χ1v) is 11.1. The number of fused-ring (bicyclic) bond motifs is 1. The van der Waals surface area contributed by atoms with Crippen molar-refractivity contribution in [3.63, 3.8) is 0 Å². The highest BCUT2D eigenvalue weighted by Gasteiger charge is 2.24. The fourth-order valence-electron chi connectivity index (χ4n) is 4.35. The number of rotatable bonds is 6. The summed E-state index contributed by atoms with van der Waals surface area (Å²) in [7, 11) is 0. The second-order valence-corrected chi connectivity index (χ2v) is 8.74. The molecule has 1 saturated heterocycles. The number of piperidine rings is 1. The summed E-state index contributed by atoms with van der Waals surface area (Å²) in [6, 6.07) is 4.24. The highest BCUT2D eigenvalue weighted by atomic mass is 15.3. The molecule has 32 heavy (non-hydrogen) atoms. The van der Waals surface area contributed by atoms with Gasteiger partial charge in [0.1, 0.15) is 24.8 Å². The quantitative estimate of drug-likeness (QED) is 0.496. The van der Waals surface area contributed by atoms with Gasteiger partial charge in [0, 0.05) is 19.6 Å². The average molecular weight is 433 g/mol. The van der Waals surface area contributed by atoms with Crippen molar-refractivity contribution in [3.8, 4) is 5.82 Å². The van der Waals surface area contributed by atoms with Crippen molar-refractivity contribution >= 4 is 22.5 Å². The van der Waals surface area contributed by atoms with Crippen LogP contribution in [0, 0.1) is 12.8 Å². The monoisotopic (exact) mass is 432 g/mol. The Morgan fingerprint density at radius 2 is 1.94 bits per heavy atom. The fourth-order valence-corrected chi connectivity index (χ4v) is 4.35. The second kappa shape index (κ2) is 8.62. The molecule has 5 heterocycles. The van der Waals surface area contributed by atoms with E-state index in [0.29, 0.717) is 12.0 Å². The van der Waals surface area contributed by atoms with Gasteiger partial charge >= 0.3 is 0 Å². The number of hydrogen-bond acceptors (Lipinski definition) is 8. The van der Waals surface area contributed by atoms with Crippen molar-refractivity contribution in [1.29, 1.82) is 0 Å². The zero-order valence-corrected chi connectivity index (χ0v) is 18.7. The Morgan fingerprint density at radius 3 is 2.66 bits per heavy atom. The Bertz CT molecular complexity index is 1190. The van der Waals surface area contributed by atoms with E-state index in [1.165, 1.54) is 6.33 Å². The minimum Gasteiger partial charge on any atom is -0.338 e. The van der Waals surface area contributed by atoms with Crippen molar-refractivity contribution < 1.29 is 0 Å². The van der Waals surface area contributed by atoms with E-state index in [1.807, 2.05) is 25.3 Å². The maximum absolute atomic E-state index is 4.70. The van der Waals surface area contributed by atoms with Gasteiger partial charge in [0.2, 0.25) is 0 Å². The van der Waals surface area contributed by atoms with Crippen LogP contribution >= 0.6 is 0 Å². The van der Waals surface area contributed by atoms with Crippen LogP contribution in [0.1, 0.15) is 38.4 Å². The molecule has 0 saturated carbocycles. The van der Waals surface area contributed by atoms with Gasteiger partial charge in [-0.25, -0.2) is 29.3 Å². The largest absolute Gasteiger partial charge is 0.338 e. The van der Waals surface area contributed by atoms with E-state index in [4.69, 9.17) is 5.10 Å². The predicted molar refractivity (Wildman–Crippen MR) is 122 cm³/mol. The molecule has 0 aliphatic carbocycles. The SMILES string of the molecule is Cc1nc(-n2cncn2)ccc1Nc1ncnc2c1cnn2C1CCN(CC(C)C)CC1. The van der Waals surface area contributed by atoms with E-state index in [2.05, 4.69) is 53.8 Å². The van der Waals surface area contributed by atoms with Crippen molar-refractivity contribution in [2.24, 2.45) is 5.92 Å². The molecule has 0 radical (unpaired) electrons. The standard InChI is InChI=1S/C22H28N10/c1-15(2)11-30-8-6-17(7-9-30)32-22-18(10-26-32)21(24-13-25-22)29-19-4-5-20(28-16(19)3)31-14-23-12-27-31/h4-5,10,12-15,17H,6-9,11H2,1-3H3,(H,24,25,29). The zero-order valence-electron chi connectivity index (χ0n) is 18.7. The molecule has 0 bridgehead atoms. The van der Waals surface area contributed by atoms with Crippen LogP contribution in [-0.4, -0.2) is 64.0 Å². The molecule has 1 aliphatic heterocycles. The molecule has 0 amide bonds. The minimum atomic E-state index is 0.365. The number of likely N-dealkylation sites (tertiary alicyclic amines) is 1. The Kier molecular flexibility index (Phi) is 5.52. The predicted octanol–water partition coefficient (Wildman–Crippen LogP) is 3.15. The minimum absolute atomic E-state index is 0.365. The molecule has 5 rings (SSSR count). The Balaban J connectivity index is 1.36. The molecule has 1 aliphatic rings. The number of anilines is 2. The number of nitrogens with zero attached hydrogens (tertiary/aromatic N) is 9. The van der Waals surface area contributed by atoms with Crippen LogP contribution < -0.4 is 5.32 Å². The van der Waals surface area contributed by atoms with Gasteiger partial charge in [0.25, 0.3) is 0 Å². The number of hydrogen-bond donors (Lipinski definition) is 1. The van der Waals surface area contributed by atoms with E-state index < -0.39 is 0 Å². The van der Waals surface area contributed by atoms with Gasteiger partial charge in [-0.05, 0) is 37.8 Å². The number of nitrogens with one attached hydrogen (secondary N) is 1. The van der Waals surface area contributed by atoms with E-state index in [9.17, 15) is 0 Å². The summed E-state index contributed by atoms with van der Waals surface area (Å²) >= 11 is 0. The second-order valence-electron chi connectivity index (χ2n) is 8.74. The lowest BCUT2D eigenvalue weighted by Gasteiger charge is -2.33. The average Bonchev–Trinajstić information content (AvgIpc) is 3.46. The topological polar surface area (TPSA) is 102 Å². The van der Waals surface area contributed by atoms with Crippen LogP contribution in [0.25, 0.3) is 16.9 Å². The van der Waals surface area contributed by atoms with E-state index in [-0.39, 0.29) is 0 Å². The van der Waals surface area contributed by atoms with Gasteiger partial charge in [-0.3, -0.25) is 0 Å². The summed E-state index contributed by atoms with van der Waals surface area (Å²) in [6.07, 6.45) is 8.76. The highest BCUT2D eigenvalue weighted by Crippen LogP contribution is 2.29. The highest BCUT2D eigenvalue weighted by molar-refractivity contribution is 5.88.